The topological polar surface area (TPSA) is 87.1 Å². The van der Waals surface area contributed by atoms with Gasteiger partial charge < -0.3 is 19.8 Å². The molecular formula is C13H14FNO5. The number of β-amino-alcohol motifs (C(OH)–C–C–N with tert-alkyl or cyclic N) is 1. The summed E-state index contributed by atoms with van der Waals surface area (Å²) in [6, 6.07) is 2.56. The highest BCUT2D eigenvalue weighted by Gasteiger charge is 2.39. The molecule has 1 aliphatic rings. The molecule has 1 aliphatic heterocycles. The predicted octanol–water partition coefficient (Wildman–Crippen LogP) is 0.494. The van der Waals surface area contributed by atoms with Crippen LogP contribution >= 0.6 is 0 Å². The Bertz CT molecular complexity index is 548. The first-order valence-electron chi connectivity index (χ1n) is 5.99. The Morgan fingerprint density at radius 1 is 1.45 bits per heavy atom. The van der Waals surface area contributed by atoms with E-state index in [-0.39, 0.29) is 24.3 Å². The van der Waals surface area contributed by atoms with Crippen LogP contribution in [0.5, 0.6) is 5.75 Å². The molecule has 1 amide bonds. The lowest BCUT2D eigenvalue weighted by Crippen LogP contribution is -2.40. The third-order valence-corrected chi connectivity index (χ3v) is 3.23. The SMILES string of the molecule is COc1ccc(C(=O)N2CC(O)CC2C(=O)O)c(F)c1. The normalized spacial score (nSPS) is 21.9. The molecule has 0 saturated carbocycles. The second-order valence-corrected chi connectivity index (χ2v) is 4.55. The Morgan fingerprint density at radius 2 is 2.15 bits per heavy atom. The number of carboxylic acid groups (broad SMARTS) is 1. The lowest BCUT2D eigenvalue weighted by molar-refractivity contribution is -0.141. The van der Waals surface area contributed by atoms with Crippen LogP contribution in [0.15, 0.2) is 18.2 Å². The van der Waals surface area contributed by atoms with Crippen LogP contribution in [0.1, 0.15) is 16.8 Å². The zero-order valence-corrected chi connectivity index (χ0v) is 10.7. The van der Waals surface area contributed by atoms with Gasteiger partial charge in [-0.05, 0) is 12.1 Å². The summed E-state index contributed by atoms with van der Waals surface area (Å²) in [5.41, 5.74) is -0.244. The highest BCUT2D eigenvalue weighted by Crippen LogP contribution is 2.23. The number of amides is 1. The van der Waals surface area contributed by atoms with Crippen molar-refractivity contribution in [1.29, 1.82) is 0 Å². The van der Waals surface area contributed by atoms with Crippen LogP contribution < -0.4 is 4.74 Å². The minimum atomic E-state index is -1.22. The molecule has 2 unspecified atom stereocenters. The van der Waals surface area contributed by atoms with Gasteiger partial charge in [-0.1, -0.05) is 0 Å². The van der Waals surface area contributed by atoms with E-state index < -0.39 is 29.8 Å². The Labute approximate surface area is 114 Å². The molecule has 6 nitrogen and oxygen atoms in total. The number of rotatable bonds is 3. The van der Waals surface area contributed by atoms with Gasteiger partial charge in [-0.15, -0.1) is 0 Å². The quantitative estimate of drug-likeness (QED) is 0.843. The molecule has 20 heavy (non-hydrogen) atoms. The maximum Gasteiger partial charge on any atom is 0.326 e. The van der Waals surface area contributed by atoms with E-state index in [1.54, 1.807) is 0 Å². The number of carbonyl (C=O) groups excluding carboxylic acids is 1. The molecule has 2 N–H and O–H groups in total. The number of hydrogen-bond donors (Lipinski definition) is 2. The molecule has 1 fully saturated rings. The molecule has 7 heteroatoms. The first-order valence-corrected chi connectivity index (χ1v) is 5.99. The number of methoxy groups -OCH3 is 1. The summed E-state index contributed by atoms with van der Waals surface area (Å²) >= 11 is 0. The van der Waals surface area contributed by atoms with E-state index in [1.807, 2.05) is 0 Å². The minimum absolute atomic E-state index is 0.0567. The summed E-state index contributed by atoms with van der Waals surface area (Å²) in [6.07, 6.45) is -0.972. The number of halogens is 1. The van der Waals surface area contributed by atoms with Gasteiger partial charge in [0, 0.05) is 19.0 Å². The zero-order valence-electron chi connectivity index (χ0n) is 10.7. The van der Waals surface area contributed by atoms with Gasteiger partial charge >= 0.3 is 5.97 Å². The molecule has 2 rings (SSSR count). The fourth-order valence-corrected chi connectivity index (χ4v) is 2.22. The van der Waals surface area contributed by atoms with Crippen molar-refractivity contribution in [3.05, 3.63) is 29.6 Å². The fraction of sp³-hybridized carbons (Fsp3) is 0.385. The molecule has 1 saturated heterocycles. The van der Waals surface area contributed by atoms with Crippen molar-refractivity contribution in [2.75, 3.05) is 13.7 Å². The van der Waals surface area contributed by atoms with E-state index in [1.165, 1.54) is 19.2 Å². The molecule has 0 aromatic heterocycles. The van der Waals surface area contributed by atoms with Gasteiger partial charge in [-0.3, -0.25) is 4.79 Å². The van der Waals surface area contributed by atoms with E-state index in [9.17, 15) is 19.1 Å². The van der Waals surface area contributed by atoms with Crippen LogP contribution in [-0.2, 0) is 4.79 Å². The van der Waals surface area contributed by atoms with Crippen molar-refractivity contribution in [2.24, 2.45) is 0 Å². The van der Waals surface area contributed by atoms with Gasteiger partial charge in [-0.2, -0.15) is 0 Å². The number of nitrogens with zero attached hydrogens (tertiary/aromatic N) is 1. The van der Waals surface area contributed by atoms with Gasteiger partial charge in [-0.25, -0.2) is 9.18 Å². The third kappa shape index (κ3) is 2.57. The van der Waals surface area contributed by atoms with Crippen molar-refractivity contribution in [3.63, 3.8) is 0 Å². The number of carboxylic acids is 1. The molecular weight excluding hydrogens is 269 g/mol. The van der Waals surface area contributed by atoms with Crippen molar-refractivity contribution >= 4 is 11.9 Å². The molecule has 1 aromatic rings. The number of carbonyl (C=O) groups is 2. The molecule has 0 aliphatic carbocycles. The number of aliphatic hydroxyl groups is 1. The number of hydrogen-bond acceptors (Lipinski definition) is 4. The van der Waals surface area contributed by atoms with Gasteiger partial charge in [0.1, 0.15) is 17.6 Å². The van der Waals surface area contributed by atoms with Crippen LogP contribution in [0.25, 0.3) is 0 Å². The highest BCUT2D eigenvalue weighted by atomic mass is 19.1. The third-order valence-electron chi connectivity index (χ3n) is 3.23. The summed E-state index contributed by atoms with van der Waals surface area (Å²) in [5.74, 6) is -2.51. The summed E-state index contributed by atoms with van der Waals surface area (Å²) in [7, 11) is 1.37. The molecule has 1 aromatic carbocycles. The number of benzene rings is 1. The minimum Gasteiger partial charge on any atom is -0.497 e. The number of ether oxygens (including phenoxy) is 1. The second-order valence-electron chi connectivity index (χ2n) is 4.55. The van der Waals surface area contributed by atoms with Gasteiger partial charge in [0.2, 0.25) is 0 Å². The maximum absolute atomic E-state index is 13.8. The monoisotopic (exact) mass is 283 g/mol. The van der Waals surface area contributed by atoms with Gasteiger partial charge in [0.15, 0.2) is 0 Å². The number of aliphatic carboxylic acids is 1. The maximum atomic E-state index is 13.8. The number of aliphatic hydroxyl groups excluding tert-OH is 1. The van der Waals surface area contributed by atoms with E-state index >= 15 is 0 Å². The Kier molecular flexibility index (Phi) is 3.89. The first kappa shape index (κ1) is 14.3. The van der Waals surface area contributed by atoms with Crippen molar-refractivity contribution in [3.8, 4) is 5.75 Å². The van der Waals surface area contributed by atoms with Crippen molar-refractivity contribution in [1.82, 2.24) is 4.90 Å². The Hall–Kier alpha value is -2.15. The largest absolute Gasteiger partial charge is 0.497 e. The van der Waals surface area contributed by atoms with E-state index in [0.717, 1.165) is 11.0 Å². The lowest BCUT2D eigenvalue weighted by atomic mass is 10.1. The molecule has 108 valence electrons. The smallest absolute Gasteiger partial charge is 0.326 e. The van der Waals surface area contributed by atoms with Gasteiger partial charge in [0.25, 0.3) is 5.91 Å². The fourth-order valence-electron chi connectivity index (χ4n) is 2.22. The molecule has 0 spiro atoms. The number of likely N-dealkylation sites (tertiary alicyclic amines) is 1. The van der Waals surface area contributed by atoms with Crippen molar-refractivity contribution in [2.45, 2.75) is 18.6 Å². The van der Waals surface area contributed by atoms with Crippen LogP contribution in [0, 0.1) is 5.82 Å². The Balaban J connectivity index is 2.29. The lowest BCUT2D eigenvalue weighted by Gasteiger charge is -2.21. The van der Waals surface area contributed by atoms with Crippen LogP contribution in [-0.4, -0.2) is 52.8 Å². The standard InChI is InChI=1S/C13H14FNO5/c1-20-8-2-3-9(10(14)5-8)12(17)15-6-7(16)4-11(15)13(18)19/h2-3,5,7,11,16H,4,6H2,1H3,(H,18,19). The summed E-state index contributed by atoms with van der Waals surface area (Å²) < 4.78 is 18.7. The van der Waals surface area contributed by atoms with Gasteiger partial charge in [0.05, 0.1) is 18.8 Å². The first-order chi connectivity index (χ1) is 9.43. The average Bonchev–Trinajstić information content (AvgIpc) is 2.80. The molecule has 2 atom stereocenters. The summed E-state index contributed by atoms with van der Waals surface area (Å²) in [5, 5.41) is 18.5. The molecule has 0 bridgehead atoms. The van der Waals surface area contributed by atoms with Crippen LogP contribution in [0.4, 0.5) is 4.39 Å². The van der Waals surface area contributed by atoms with E-state index in [0.29, 0.717) is 0 Å². The predicted molar refractivity (Wildman–Crippen MR) is 66.0 cm³/mol. The van der Waals surface area contributed by atoms with Crippen molar-refractivity contribution < 1.29 is 28.9 Å². The zero-order chi connectivity index (χ0) is 14.9. The van der Waals surface area contributed by atoms with Crippen LogP contribution in [0.3, 0.4) is 0 Å². The Morgan fingerprint density at radius 3 is 2.70 bits per heavy atom. The second kappa shape index (κ2) is 5.46. The van der Waals surface area contributed by atoms with Crippen LogP contribution in [0.2, 0.25) is 0 Å². The van der Waals surface area contributed by atoms with E-state index in [4.69, 9.17) is 9.84 Å². The molecule has 0 radical (unpaired) electrons. The highest BCUT2D eigenvalue weighted by molar-refractivity contribution is 5.97. The average molecular weight is 283 g/mol. The summed E-state index contributed by atoms with van der Waals surface area (Å²) in [6.45, 7) is -0.124. The summed E-state index contributed by atoms with van der Waals surface area (Å²) in [4.78, 5) is 24.2. The molecule has 1 heterocycles. The van der Waals surface area contributed by atoms with E-state index in [2.05, 4.69) is 0 Å².